The summed E-state index contributed by atoms with van der Waals surface area (Å²) in [4.78, 5) is 3.63. The van der Waals surface area contributed by atoms with Crippen LogP contribution < -0.4 is 11.5 Å². The van der Waals surface area contributed by atoms with Gasteiger partial charge in [0.1, 0.15) is 5.82 Å². The molecule has 0 spiro atoms. The maximum absolute atomic E-state index is 12.4. The Morgan fingerprint density at radius 3 is 2.54 bits per heavy atom. The molecule has 0 aliphatic carbocycles. The number of hydrogen-bond acceptors (Lipinski definition) is 3. The van der Waals surface area contributed by atoms with Crippen molar-refractivity contribution in [3.05, 3.63) is 22.3 Å². The van der Waals surface area contributed by atoms with E-state index in [2.05, 4.69) is 4.98 Å². The van der Waals surface area contributed by atoms with Crippen LogP contribution in [0.15, 0.2) is 6.20 Å². The fraction of sp³-hybridized carbons (Fsp3) is 0.286. The van der Waals surface area contributed by atoms with E-state index in [0.29, 0.717) is 0 Å². The molecule has 1 heterocycles. The molecule has 0 atom stereocenters. The van der Waals surface area contributed by atoms with Gasteiger partial charge in [0.25, 0.3) is 6.43 Å². The third-order valence-corrected chi connectivity index (χ3v) is 1.93. The van der Waals surface area contributed by atoms with E-state index in [9.17, 15) is 8.78 Å². The molecular formula is C7H8ClF2N3. The van der Waals surface area contributed by atoms with Crippen LogP contribution in [0, 0.1) is 0 Å². The Morgan fingerprint density at radius 1 is 1.54 bits per heavy atom. The third-order valence-electron chi connectivity index (χ3n) is 1.63. The number of pyridine rings is 1. The Balaban J connectivity index is 3.35. The summed E-state index contributed by atoms with van der Waals surface area (Å²) in [7, 11) is 0. The minimum absolute atomic E-state index is 0.00204. The van der Waals surface area contributed by atoms with Crippen LogP contribution in [0.3, 0.4) is 0 Å². The van der Waals surface area contributed by atoms with Crippen molar-refractivity contribution in [2.75, 3.05) is 5.73 Å². The van der Waals surface area contributed by atoms with E-state index in [-0.39, 0.29) is 28.5 Å². The van der Waals surface area contributed by atoms with Gasteiger partial charge in [0, 0.05) is 23.9 Å². The molecule has 0 bridgehead atoms. The summed E-state index contributed by atoms with van der Waals surface area (Å²) in [5, 5.41) is -0.107. The van der Waals surface area contributed by atoms with Gasteiger partial charge in [-0.3, -0.25) is 0 Å². The van der Waals surface area contributed by atoms with Crippen molar-refractivity contribution in [2.24, 2.45) is 5.73 Å². The van der Waals surface area contributed by atoms with Gasteiger partial charge in [-0.15, -0.1) is 0 Å². The van der Waals surface area contributed by atoms with Crippen LogP contribution in [0.4, 0.5) is 14.6 Å². The van der Waals surface area contributed by atoms with Gasteiger partial charge in [0.2, 0.25) is 0 Å². The zero-order valence-electron chi connectivity index (χ0n) is 6.60. The summed E-state index contributed by atoms with van der Waals surface area (Å²) >= 11 is 5.52. The Bertz CT molecular complexity index is 317. The molecule has 0 aliphatic heterocycles. The van der Waals surface area contributed by atoms with Crippen LogP contribution in [0.2, 0.25) is 5.02 Å². The van der Waals surface area contributed by atoms with Crippen LogP contribution >= 0.6 is 11.6 Å². The van der Waals surface area contributed by atoms with E-state index in [1.807, 2.05) is 0 Å². The lowest BCUT2D eigenvalue weighted by Gasteiger charge is -2.10. The first kappa shape index (κ1) is 10.1. The Labute approximate surface area is 78.7 Å². The molecule has 0 aliphatic rings. The predicted octanol–water partition coefficient (Wildman–Crippen LogP) is 1.71. The molecule has 0 saturated heterocycles. The molecule has 72 valence electrons. The van der Waals surface area contributed by atoms with Crippen molar-refractivity contribution in [3.63, 3.8) is 0 Å². The highest BCUT2D eigenvalue weighted by molar-refractivity contribution is 6.31. The zero-order valence-corrected chi connectivity index (χ0v) is 7.35. The molecule has 0 amide bonds. The van der Waals surface area contributed by atoms with Crippen molar-refractivity contribution in [1.29, 1.82) is 0 Å². The van der Waals surface area contributed by atoms with E-state index >= 15 is 0 Å². The van der Waals surface area contributed by atoms with Gasteiger partial charge in [-0.25, -0.2) is 13.8 Å². The maximum Gasteiger partial charge on any atom is 0.265 e. The van der Waals surface area contributed by atoms with Gasteiger partial charge < -0.3 is 11.5 Å². The first-order chi connectivity index (χ1) is 6.07. The normalized spacial score (nSPS) is 10.8. The average molecular weight is 208 g/mol. The van der Waals surface area contributed by atoms with Gasteiger partial charge in [0.15, 0.2) is 0 Å². The molecule has 1 aromatic heterocycles. The summed E-state index contributed by atoms with van der Waals surface area (Å²) in [5.41, 5.74) is 10.4. The molecule has 13 heavy (non-hydrogen) atoms. The summed E-state index contributed by atoms with van der Waals surface area (Å²) in [6.45, 7) is -0.0981. The fourth-order valence-corrected chi connectivity index (χ4v) is 1.25. The lowest BCUT2D eigenvalue weighted by Crippen LogP contribution is -2.08. The highest BCUT2D eigenvalue weighted by Crippen LogP contribution is 2.31. The summed E-state index contributed by atoms with van der Waals surface area (Å²) in [6, 6.07) is 0. The summed E-state index contributed by atoms with van der Waals surface area (Å²) < 4.78 is 24.9. The smallest absolute Gasteiger partial charge is 0.265 e. The molecule has 0 aromatic carbocycles. The van der Waals surface area contributed by atoms with E-state index in [1.165, 1.54) is 0 Å². The molecule has 1 rings (SSSR count). The highest BCUT2D eigenvalue weighted by atomic mass is 35.5. The van der Waals surface area contributed by atoms with Crippen LogP contribution in [0.5, 0.6) is 0 Å². The first-order valence-corrected chi connectivity index (χ1v) is 3.86. The molecule has 0 fully saturated rings. The highest BCUT2D eigenvalue weighted by Gasteiger charge is 2.18. The van der Waals surface area contributed by atoms with Crippen molar-refractivity contribution in [2.45, 2.75) is 13.0 Å². The number of hydrogen-bond donors (Lipinski definition) is 2. The van der Waals surface area contributed by atoms with Crippen LogP contribution in [0.25, 0.3) is 0 Å². The second-order valence-corrected chi connectivity index (χ2v) is 2.80. The molecule has 6 heteroatoms. The Morgan fingerprint density at radius 2 is 2.15 bits per heavy atom. The number of nitrogens with two attached hydrogens (primary N) is 2. The molecule has 1 aromatic rings. The number of nitrogens with zero attached hydrogens (tertiary/aromatic N) is 1. The predicted molar refractivity (Wildman–Crippen MR) is 46.5 cm³/mol. The van der Waals surface area contributed by atoms with E-state index in [1.54, 1.807) is 0 Å². The second kappa shape index (κ2) is 3.85. The quantitative estimate of drug-likeness (QED) is 0.776. The first-order valence-electron chi connectivity index (χ1n) is 3.49. The summed E-state index contributed by atoms with van der Waals surface area (Å²) in [5.74, 6) is 0.00204. The van der Waals surface area contributed by atoms with Crippen LogP contribution in [0.1, 0.15) is 17.6 Å². The third kappa shape index (κ3) is 1.87. The second-order valence-electron chi connectivity index (χ2n) is 2.39. The topological polar surface area (TPSA) is 64.9 Å². The minimum Gasteiger partial charge on any atom is -0.383 e. The lowest BCUT2D eigenvalue weighted by atomic mass is 10.1. The van der Waals surface area contributed by atoms with E-state index in [0.717, 1.165) is 6.20 Å². The lowest BCUT2D eigenvalue weighted by molar-refractivity contribution is 0.150. The Hall–Kier alpha value is -0.940. The van der Waals surface area contributed by atoms with Gasteiger partial charge in [-0.05, 0) is 0 Å². The number of rotatable bonds is 2. The van der Waals surface area contributed by atoms with Crippen molar-refractivity contribution >= 4 is 17.4 Å². The number of nitrogen functional groups attached to an aromatic ring is 1. The number of anilines is 1. The average Bonchev–Trinajstić information content (AvgIpc) is 2.07. The number of aromatic nitrogens is 1. The maximum atomic E-state index is 12.4. The molecule has 0 radical (unpaired) electrons. The van der Waals surface area contributed by atoms with Crippen molar-refractivity contribution in [1.82, 2.24) is 4.98 Å². The van der Waals surface area contributed by atoms with Crippen molar-refractivity contribution in [3.8, 4) is 0 Å². The number of halogens is 3. The van der Waals surface area contributed by atoms with Crippen LogP contribution in [-0.2, 0) is 6.54 Å². The van der Waals surface area contributed by atoms with Gasteiger partial charge in [0.05, 0.1) is 5.02 Å². The molecular weight excluding hydrogens is 200 g/mol. The number of alkyl halides is 2. The minimum atomic E-state index is -2.68. The van der Waals surface area contributed by atoms with Gasteiger partial charge in [-0.1, -0.05) is 11.6 Å². The summed E-state index contributed by atoms with van der Waals surface area (Å²) in [6.07, 6.45) is -1.59. The van der Waals surface area contributed by atoms with Crippen LogP contribution in [-0.4, -0.2) is 4.98 Å². The van der Waals surface area contributed by atoms with Crippen molar-refractivity contribution < 1.29 is 8.78 Å². The zero-order chi connectivity index (χ0) is 10.0. The molecule has 3 nitrogen and oxygen atoms in total. The SMILES string of the molecule is NCc1c(N)ncc(Cl)c1C(F)F. The molecule has 4 N–H and O–H groups in total. The monoisotopic (exact) mass is 207 g/mol. The molecule has 0 saturated carbocycles. The molecule has 0 unspecified atom stereocenters. The Kier molecular flexibility index (Phi) is 3.00. The fourth-order valence-electron chi connectivity index (χ4n) is 1.01. The van der Waals surface area contributed by atoms with Gasteiger partial charge in [-0.2, -0.15) is 0 Å². The van der Waals surface area contributed by atoms with E-state index < -0.39 is 6.43 Å². The van der Waals surface area contributed by atoms with Gasteiger partial charge >= 0.3 is 0 Å². The standard InChI is InChI=1S/C7H8ClF2N3/c8-4-2-13-7(12)3(1-11)5(4)6(9)10/h2,6H,1,11H2,(H2,12,13). The largest absolute Gasteiger partial charge is 0.383 e. The van der Waals surface area contributed by atoms with E-state index in [4.69, 9.17) is 23.1 Å².